The Hall–Kier alpha value is -2.61. The van der Waals surface area contributed by atoms with Gasteiger partial charge in [0.05, 0.1) is 28.7 Å². The van der Waals surface area contributed by atoms with E-state index in [1.54, 1.807) is 49.9 Å². The lowest BCUT2D eigenvalue weighted by Gasteiger charge is -2.33. The third-order valence-electron chi connectivity index (χ3n) is 4.28. The number of amidine groups is 1. The van der Waals surface area contributed by atoms with Crippen LogP contribution in [0.2, 0.25) is 0 Å². The quantitative estimate of drug-likeness (QED) is 0.568. The second kappa shape index (κ2) is 7.79. The van der Waals surface area contributed by atoms with E-state index in [0.717, 1.165) is 0 Å². The van der Waals surface area contributed by atoms with Crippen molar-refractivity contribution in [2.24, 2.45) is 4.99 Å². The van der Waals surface area contributed by atoms with Crippen LogP contribution in [0.3, 0.4) is 0 Å². The van der Waals surface area contributed by atoms with E-state index in [0.29, 0.717) is 27.8 Å². The van der Waals surface area contributed by atoms with Crippen molar-refractivity contribution in [2.75, 3.05) is 0 Å². The summed E-state index contributed by atoms with van der Waals surface area (Å²) in [6.45, 7) is 8.43. The number of hydrogen-bond donors (Lipinski definition) is 0. The van der Waals surface area contributed by atoms with E-state index >= 15 is 0 Å². The van der Waals surface area contributed by atoms with E-state index in [2.05, 4.69) is 4.99 Å². The number of carbonyl (C=O) groups is 3. The van der Waals surface area contributed by atoms with Gasteiger partial charge >= 0.3 is 11.9 Å². The van der Waals surface area contributed by atoms with Gasteiger partial charge in [0, 0.05) is 6.92 Å². The fourth-order valence-electron chi connectivity index (χ4n) is 3.14. The molecule has 0 aromatic heterocycles. The zero-order valence-corrected chi connectivity index (χ0v) is 17.2. The van der Waals surface area contributed by atoms with Crippen LogP contribution in [0.4, 0.5) is 0 Å². The van der Waals surface area contributed by atoms with Crippen molar-refractivity contribution >= 4 is 34.8 Å². The minimum absolute atomic E-state index is 0.111. The maximum atomic E-state index is 12.8. The molecule has 2 aliphatic heterocycles. The molecule has 1 saturated heterocycles. The molecule has 0 spiro atoms. The van der Waals surface area contributed by atoms with Crippen LogP contribution in [-0.4, -0.2) is 39.3 Å². The highest BCUT2D eigenvalue weighted by atomic mass is 32.2. The number of thioether (sulfide) groups is 1. The van der Waals surface area contributed by atoms with Crippen molar-refractivity contribution in [1.82, 2.24) is 4.90 Å². The van der Waals surface area contributed by atoms with Gasteiger partial charge in [-0.15, -0.1) is 0 Å². The summed E-state index contributed by atoms with van der Waals surface area (Å²) in [5.74, 6) is -0.637. The Balaban J connectivity index is 2.06. The fraction of sp³-hybridized carbons (Fsp3) is 0.400. The standard InChI is InChI=1S/C20H22N2O5S/c1-10(2)26-19(25)16-11(3)21-20-22(18(24)12(4)28-20)17(16)14-6-8-15(9-7-14)27-13(5)23/h6-10,12,17H,1-5H3/t12-,17-/m1/s1. The van der Waals surface area contributed by atoms with Gasteiger partial charge in [-0.25, -0.2) is 9.79 Å². The van der Waals surface area contributed by atoms with Crippen LogP contribution in [0.25, 0.3) is 0 Å². The van der Waals surface area contributed by atoms with E-state index < -0.39 is 18.0 Å². The van der Waals surface area contributed by atoms with Crippen LogP contribution in [-0.2, 0) is 19.1 Å². The smallest absolute Gasteiger partial charge is 0.338 e. The molecule has 0 unspecified atom stereocenters. The van der Waals surface area contributed by atoms with Gasteiger partial charge in [0.25, 0.3) is 0 Å². The average Bonchev–Trinajstić information content (AvgIpc) is 2.87. The third-order valence-corrected chi connectivity index (χ3v) is 5.33. The number of nitrogens with zero attached hydrogens (tertiary/aromatic N) is 2. The Morgan fingerprint density at radius 3 is 2.43 bits per heavy atom. The predicted molar refractivity (Wildman–Crippen MR) is 106 cm³/mol. The van der Waals surface area contributed by atoms with Crippen LogP contribution >= 0.6 is 11.8 Å². The molecule has 3 rings (SSSR count). The first-order valence-electron chi connectivity index (χ1n) is 8.97. The molecule has 28 heavy (non-hydrogen) atoms. The normalized spacial score (nSPS) is 21.6. The Bertz CT molecular complexity index is 888. The molecule has 0 bridgehead atoms. The van der Waals surface area contributed by atoms with Gasteiger partial charge in [0.2, 0.25) is 5.91 Å². The van der Waals surface area contributed by atoms with Gasteiger partial charge in [-0.2, -0.15) is 0 Å². The lowest BCUT2D eigenvalue weighted by atomic mass is 9.94. The number of ether oxygens (including phenoxy) is 2. The van der Waals surface area contributed by atoms with Crippen LogP contribution in [0.15, 0.2) is 40.5 Å². The molecular formula is C20H22N2O5S. The molecule has 0 radical (unpaired) electrons. The van der Waals surface area contributed by atoms with Crippen LogP contribution in [0, 0.1) is 0 Å². The molecule has 0 N–H and O–H groups in total. The molecule has 7 nitrogen and oxygen atoms in total. The number of benzene rings is 1. The van der Waals surface area contributed by atoms with Gasteiger partial charge < -0.3 is 9.47 Å². The summed E-state index contributed by atoms with van der Waals surface area (Å²) >= 11 is 1.37. The molecule has 2 aliphatic rings. The summed E-state index contributed by atoms with van der Waals surface area (Å²) in [7, 11) is 0. The molecule has 1 aromatic rings. The highest BCUT2D eigenvalue weighted by Gasteiger charge is 2.46. The second-order valence-corrected chi connectivity index (χ2v) is 8.19. The highest BCUT2D eigenvalue weighted by Crippen LogP contribution is 2.43. The van der Waals surface area contributed by atoms with E-state index in [1.165, 1.54) is 18.7 Å². The molecule has 148 valence electrons. The zero-order chi connectivity index (χ0) is 20.6. The van der Waals surface area contributed by atoms with E-state index in [4.69, 9.17) is 9.47 Å². The van der Waals surface area contributed by atoms with Gasteiger partial charge in [-0.05, 0) is 45.4 Å². The number of amides is 1. The minimum atomic E-state index is -0.643. The molecular weight excluding hydrogens is 380 g/mol. The SMILES string of the molecule is CC(=O)Oc1ccc([C@@H]2C(C(=O)OC(C)C)=C(C)N=C3S[C@H](C)C(=O)N32)cc1. The Morgan fingerprint density at radius 2 is 1.86 bits per heavy atom. The predicted octanol–water partition coefficient (Wildman–Crippen LogP) is 3.21. The summed E-state index contributed by atoms with van der Waals surface area (Å²) < 4.78 is 10.5. The Kier molecular flexibility index (Phi) is 5.60. The molecule has 8 heteroatoms. The number of rotatable bonds is 4. The number of allylic oxidation sites excluding steroid dienone is 1. The van der Waals surface area contributed by atoms with Crippen molar-refractivity contribution < 1.29 is 23.9 Å². The van der Waals surface area contributed by atoms with Gasteiger partial charge in [-0.3, -0.25) is 14.5 Å². The number of fused-ring (bicyclic) bond motifs is 1. The molecule has 2 atom stereocenters. The summed E-state index contributed by atoms with van der Waals surface area (Å²) in [6, 6.07) is 6.11. The van der Waals surface area contributed by atoms with Crippen LogP contribution < -0.4 is 4.74 Å². The van der Waals surface area contributed by atoms with E-state index in [-0.39, 0.29) is 17.3 Å². The molecule has 1 fully saturated rings. The maximum absolute atomic E-state index is 12.8. The van der Waals surface area contributed by atoms with Crippen molar-refractivity contribution in [3.8, 4) is 5.75 Å². The summed E-state index contributed by atoms with van der Waals surface area (Å²) in [5.41, 5.74) is 1.57. The van der Waals surface area contributed by atoms with Gasteiger partial charge in [0.15, 0.2) is 5.17 Å². The molecule has 1 amide bonds. The maximum Gasteiger partial charge on any atom is 0.338 e. The van der Waals surface area contributed by atoms with Crippen molar-refractivity contribution in [1.29, 1.82) is 0 Å². The summed E-state index contributed by atoms with van der Waals surface area (Å²) in [4.78, 5) is 42.8. The number of carbonyl (C=O) groups excluding carboxylic acids is 3. The highest BCUT2D eigenvalue weighted by molar-refractivity contribution is 8.15. The van der Waals surface area contributed by atoms with Crippen molar-refractivity contribution in [3.05, 3.63) is 41.1 Å². The molecule has 0 saturated carbocycles. The second-order valence-electron chi connectivity index (χ2n) is 6.88. The van der Waals surface area contributed by atoms with E-state index in [9.17, 15) is 14.4 Å². The van der Waals surface area contributed by atoms with Crippen LogP contribution in [0.5, 0.6) is 5.75 Å². The molecule has 0 aliphatic carbocycles. The largest absolute Gasteiger partial charge is 0.459 e. The summed E-state index contributed by atoms with van der Waals surface area (Å²) in [6.07, 6.45) is -0.298. The Labute approximate surface area is 167 Å². The number of hydrogen-bond acceptors (Lipinski definition) is 7. The van der Waals surface area contributed by atoms with E-state index in [1.807, 2.05) is 6.92 Å². The fourth-order valence-corrected chi connectivity index (χ4v) is 4.17. The summed E-state index contributed by atoms with van der Waals surface area (Å²) in [5, 5.41) is 0.292. The van der Waals surface area contributed by atoms with Gasteiger partial charge in [-0.1, -0.05) is 23.9 Å². The molecule has 2 heterocycles. The monoisotopic (exact) mass is 402 g/mol. The van der Waals surface area contributed by atoms with Crippen molar-refractivity contribution in [2.45, 2.75) is 52.0 Å². The van der Waals surface area contributed by atoms with Crippen LogP contribution in [0.1, 0.15) is 46.2 Å². The number of esters is 2. The number of aliphatic imine (C=N–C) groups is 1. The minimum Gasteiger partial charge on any atom is -0.459 e. The molecule has 1 aromatic carbocycles. The van der Waals surface area contributed by atoms with Crippen molar-refractivity contribution in [3.63, 3.8) is 0 Å². The Morgan fingerprint density at radius 1 is 1.21 bits per heavy atom. The average molecular weight is 402 g/mol. The first kappa shape index (κ1) is 20.1. The van der Waals surface area contributed by atoms with Gasteiger partial charge in [0.1, 0.15) is 5.75 Å². The third kappa shape index (κ3) is 3.82. The first-order chi connectivity index (χ1) is 13.2. The lowest BCUT2D eigenvalue weighted by molar-refractivity contribution is -0.143. The topological polar surface area (TPSA) is 85.3 Å². The zero-order valence-electron chi connectivity index (χ0n) is 16.4. The lowest BCUT2D eigenvalue weighted by Crippen LogP contribution is -2.40. The first-order valence-corrected chi connectivity index (χ1v) is 9.85.